The Morgan fingerprint density at radius 2 is 1.96 bits per heavy atom. The van der Waals surface area contributed by atoms with E-state index < -0.39 is 0 Å². The van der Waals surface area contributed by atoms with E-state index in [0.717, 1.165) is 10.0 Å². The molecule has 1 aromatic heterocycles. The van der Waals surface area contributed by atoms with Gasteiger partial charge in [-0.25, -0.2) is 5.43 Å². The summed E-state index contributed by atoms with van der Waals surface area (Å²) < 4.78 is 0.893. The van der Waals surface area contributed by atoms with Gasteiger partial charge in [-0.3, -0.25) is 14.6 Å². The molecule has 1 heterocycles. The van der Waals surface area contributed by atoms with E-state index in [-0.39, 0.29) is 18.2 Å². The Morgan fingerprint density at radius 3 is 2.62 bits per heavy atom. The number of carbonyl (C=O) groups excluding carboxylic acids is 2. The Labute approximate surface area is 148 Å². The zero-order valence-electron chi connectivity index (χ0n) is 13.1. The maximum atomic E-state index is 11.9. The predicted octanol–water partition coefficient (Wildman–Crippen LogP) is 2.66. The van der Waals surface area contributed by atoms with Crippen LogP contribution in [0.15, 0.2) is 58.4 Å². The zero-order chi connectivity index (χ0) is 17.4. The molecule has 7 heteroatoms. The van der Waals surface area contributed by atoms with Crippen LogP contribution in [0.4, 0.5) is 0 Å². The molecule has 6 nitrogen and oxygen atoms in total. The van der Waals surface area contributed by atoms with Crippen molar-refractivity contribution >= 4 is 33.5 Å². The van der Waals surface area contributed by atoms with Crippen molar-refractivity contribution in [1.82, 2.24) is 15.7 Å². The van der Waals surface area contributed by atoms with Crippen LogP contribution < -0.4 is 10.7 Å². The first kappa shape index (κ1) is 17.8. The summed E-state index contributed by atoms with van der Waals surface area (Å²) in [7, 11) is 0. The van der Waals surface area contributed by atoms with E-state index in [1.54, 1.807) is 43.6 Å². The largest absolute Gasteiger partial charge is 0.352 e. The van der Waals surface area contributed by atoms with E-state index in [2.05, 4.69) is 36.8 Å². The quantitative estimate of drug-likeness (QED) is 0.589. The van der Waals surface area contributed by atoms with Crippen LogP contribution in [0.3, 0.4) is 0 Å². The molecule has 1 aromatic carbocycles. The van der Waals surface area contributed by atoms with Crippen LogP contribution in [0.1, 0.15) is 29.3 Å². The van der Waals surface area contributed by atoms with Crippen molar-refractivity contribution in [2.75, 3.05) is 0 Å². The van der Waals surface area contributed by atoms with Crippen molar-refractivity contribution in [1.29, 1.82) is 0 Å². The molecule has 2 aromatic rings. The summed E-state index contributed by atoms with van der Waals surface area (Å²) in [5.74, 6) is -0.490. The SMILES string of the molecule is C/C(CC(=O)NCc1cccnc1)=N\NC(=O)c1ccc(Br)cc1. The van der Waals surface area contributed by atoms with Crippen molar-refractivity contribution in [3.05, 3.63) is 64.4 Å². The molecule has 0 aliphatic carbocycles. The molecule has 0 bridgehead atoms. The second kappa shape index (κ2) is 8.93. The highest BCUT2D eigenvalue weighted by Crippen LogP contribution is 2.10. The average Bonchev–Trinajstić information content (AvgIpc) is 2.59. The number of benzene rings is 1. The van der Waals surface area contributed by atoms with Gasteiger partial charge in [0.15, 0.2) is 0 Å². The summed E-state index contributed by atoms with van der Waals surface area (Å²) in [6, 6.07) is 10.6. The standard InChI is InChI=1S/C17H17BrN4O2/c1-12(9-16(23)20-11-13-3-2-8-19-10-13)21-22-17(24)14-4-6-15(18)7-5-14/h2-8,10H,9,11H2,1H3,(H,20,23)(H,22,24)/b21-12+. The van der Waals surface area contributed by atoms with E-state index in [9.17, 15) is 9.59 Å². The lowest BCUT2D eigenvalue weighted by atomic mass is 10.2. The first-order valence-electron chi connectivity index (χ1n) is 7.29. The van der Waals surface area contributed by atoms with Gasteiger partial charge in [0.05, 0.1) is 6.42 Å². The highest BCUT2D eigenvalue weighted by atomic mass is 79.9. The normalized spacial score (nSPS) is 11.0. The lowest BCUT2D eigenvalue weighted by Gasteiger charge is -2.05. The minimum Gasteiger partial charge on any atom is -0.352 e. The van der Waals surface area contributed by atoms with Gasteiger partial charge in [0.1, 0.15) is 0 Å². The third kappa shape index (κ3) is 5.92. The third-order valence-corrected chi connectivity index (χ3v) is 3.61. The molecule has 124 valence electrons. The summed E-state index contributed by atoms with van der Waals surface area (Å²) in [5.41, 5.74) is 4.38. The molecule has 0 fully saturated rings. The fourth-order valence-corrected chi connectivity index (χ4v) is 2.11. The van der Waals surface area contributed by atoms with Crippen LogP contribution in [0.5, 0.6) is 0 Å². The summed E-state index contributed by atoms with van der Waals surface area (Å²) in [6.45, 7) is 2.09. The molecule has 0 saturated heterocycles. The number of aromatic nitrogens is 1. The van der Waals surface area contributed by atoms with E-state index in [1.807, 2.05) is 12.1 Å². The van der Waals surface area contributed by atoms with Crippen molar-refractivity contribution in [2.45, 2.75) is 19.9 Å². The molecular formula is C17H17BrN4O2. The minimum absolute atomic E-state index is 0.112. The van der Waals surface area contributed by atoms with Gasteiger partial charge in [0, 0.05) is 34.7 Å². The van der Waals surface area contributed by atoms with E-state index in [4.69, 9.17) is 0 Å². The number of nitrogens with one attached hydrogen (secondary N) is 2. The second-order valence-corrected chi connectivity index (χ2v) is 6.03. The molecule has 0 aliphatic rings. The highest BCUT2D eigenvalue weighted by Gasteiger charge is 2.06. The molecule has 0 atom stereocenters. The van der Waals surface area contributed by atoms with Crippen LogP contribution in [-0.2, 0) is 11.3 Å². The molecule has 0 radical (unpaired) electrons. The van der Waals surface area contributed by atoms with Crippen LogP contribution in [0.2, 0.25) is 0 Å². The second-order valence-electron chi connectivity index (χ2n) is 5.11. The summed E-state index contributed by atoms with van der Waals surface area (Å²) in [5, 5.41) is 6.73. The Bertz CT molecular complexity index is 730. The maximum absolute atomic E-state index is 11.9. The van der Waals surface area contributed by atoms with E-state index >= 15 is 0 Å². The molecule has 2 N–H and O–H groups in total. The molecule has 2 rings (SSSR count). The van der Waals surface area contributed by atoms with E-state index in [0.29, 0.717) is 17.8 Å². The number of amides is 2. The van der Waals surface area contributed by atoms with Gasteiger partial charge in [-0.2, -0.15) is 5.10 Å². The first-order chi connectivity index (χ1) is 11.5. The molecule has 0 spiro atoms. The minimum atomic E-state index is -0.322. The van der Waals surface area contributed by atoms with Crippen LogP contribution in [-0.4, -0.2) is 22.5 Å². The number of hydrogen-bond donors (Lipinski definition) is 2. The number of hydrogen-bond acceptors (Lipinski definition) is 4. The van der Waals surface area contributed by atoms with Gasteiger partial charge in [-0.1, -0.05) is 22.0 Å². The number of carbonyl (C=O) groups is 2. The lowest BCUT2D eigenvalue weighted by molar-refractivity contribution is -0.120. The van der Waals surface area contributed by atoms with Gasteiger partial charge >= 0.3 is 0 Å². The fraction of sp³-hybridized carbons (Fsp3) is 0.176. The molecule has 2 amide bonds. The topological polar surface area (TPSA) is 83.4 Å². The summed E-state index contributed by atoms with van der Waals surface area (Å²) in [4.78, 5) is 27.7. The number of rotatable bonds is 6. The highest BCUT2D eigenvalue weighted by molar-refractivity contribution is 9.10. The molecule has 0 aliphatic heterocycles. The number of hydrazone groups is 1. The molecule has 0 unspecified atom stereocenters. The average molecular weight is 389 g/mol. The summed E-state index contributed by atoms with van der Waals surface area (Å²) in [6.07, 6.45) is 3.48. The van der Waals surface area contributed by atoms with E-state index in [1.165, 1.54) is 0 Å². The predicted molar refractivity (Wildman–Crippen MR) is 95.4 cm³/mol. The maximum Gasteiger partial charge on any atom is 0.271 e. The van der Waals surface area contributed by atoms with Gasteiger partial charge in [0.25, 0.3) is 5.91 Å². The van der Waals surface area contributed by atoms with Crippen molar-refractivity contribution < 1.29 is 9.59 Å². The van der Waals surface area contributed by atoms with Crippen molar-refractivity contribution in [2.24, 2.45) is 5.10 Å². The number of nitrogens with zero attached hydrogens (tertiary/aromatic N) is 2. The number of halogens is 1. The van der Waals surface area contributed by atoms with Crippen molar-refractivity contribution in [3.8, 4) is 0 Å². The smallest absolute Gasteiger partial charge is 0.271 e. The van der Waals surface area contributed by atoms with Gasteiger partial charge in [-0.15, -0.1) is 0 Å². The fourth-order valence-electron chi connectivity index (χ4n) is 1.85. The Kier molecular flexibility index (Phi) is 6.62. The van der Waals surface area contributed by atoms with Gasteiger partial charge in [-0.05, 0) is 42.8 Å². The van der Waals surface area contributed by atoms with Crippen LogP contribution >= 0.6 is 15.9 Å². The first-order valence-corrected chi connectivity index (χ1v) is 8.08. The molecule has 24 heavy (non-hydrogen) atoms. The third-order valence-electron chi connectivity index (χ3n) is 3.08. The molecule has 0 saturated carbocycles. The van der Waals surface area contributed by atoms with Gasteiger partial charge < -0.3 is 5.32 Å². The Balaban J connectivity index is 1.79. The summed E-state index contributed by atoms with van der Waals surface area (Å²) >= 11 is 3.31. The zero-order valence-corrected chi connectivity index (χ0v) is 14.7. The van der Waals surface area contributed by atoms with Gasteiger partial charge in [0.2, 0.25) is 5.91 Å². The Morgan fingerprint density at radius 1 is 1.21 bits per heavy atom. The monoisotopic (exact) mass is 388 g/mol. The molecular weight excluding hydrogens is 372 g/mol. The Hall–Kier alpha value is -2.54. The lowest BCUT2D eigenvalue weighted by Crippen LogP contribution is -2.26. The number of pyridine rings is 1. The van der Waals surface area contributed by atoms with Crippen LogP contribution in [0.25, 0.3) is 0 Å². The van der Waals surface area contributed by atoms with Crippen molar-refractivity contribution in [3.63, 3.8) is 0 Å². The van der Waals surface area contributed by atoms with Crippen LogP contribution in [0, 0.1) is 0 Å².